The summed E-state index contributed by atoms with van der Waals surface area (Å²) >= 11 is 0. The van der Waals surface area contributed by atoms with E-state index in [9.17, 15) is 23.1 Å². The Morgan fingerprint density at radius 1 is 0.941 bits per heavy atom. The van der Waals surface area contributed by atoms with Gasteiger partial charge in [0.05, 0.1) is 10.9 Å². The van der Waals surface area contributed by atoms with E-state index in [1.54, 1.807) is 30.3 Å². The number of nitrogens with one attached hydrogen (secondary N) is 2. The summed E-state index contributed by atoms with van der Waals surface area (Å²) in [5.41, 5.74) is 1.26. The second-order valence-corrected chi connectivity index (χ2v) is 11.0. The van der Waals surface area contributed by atoms with Crippen LogP contribution in [0.1, 0.15) is 45.8 Å². The third kappa shape index (κ3) is 6.00. The molecule has 0 spiro atoms. The molecule has 7 nitrogen and oxygen atoms in total. The predicted octanol–water partition coefficient (Wildman–Crippen LogP) is 3.16. The molecule has 0 heterocycles. The van der Waals surface area contributed by atoms with Gasteiger partial charge < -0.3 is 10.4 Å². The van der Waals surface area contributed by atoms with Crippen LogP contribution in [0, 0.1) is 11.8 Å². The van der Waals surface area contributed by atoms with E-state index < -0.39 is 34.1 Å². The third-order valence-corrected chi connectivity index (χ3v) is 7.27. The first-order chi connectivity index (χ1) is 16.0. The molecule has 0 radical (unpaired) electrons. The average molecular weight is 485 g/mol. The number of benzene rings is 2. The summed E-state index contributed by atoms with van der Waals surface area (Å²) in [6.45, 7) is 7.45. The minimum Gasteiger partial charge on any atom is -0.386 e. The summed E-state index contributed by atoms with van der Waals surface area (Å²) in [6, 6.07) is 15.1. The zero-order valence-electron chi connectivity index (χ0n) is 19.9. The Morgan fingerprint density at radius 2 is 1.50 bits per heavy atom. The lowest BCUT2D eigenvalue weighted by atomic mass is 9.95. The van der Waals surface area contributed by atoms with Crippen LogP contribution >= 0.6 is 0 Å². The fourth-order valence-electron chi connectivity index (χ4n) is 3.95. The molecule has 3 N–H and O–H groups in total. The van der Waals surface area contributed by atoms with Gasteiger partial charge in [0.15, 0.2) is 5.43 Å². The van der Waals surface area contributed by atoms with Crippen LogP contribution in [0.2, 0.25) is 0 Å². The maximum atomic E-state index is 13.2. The lowest BCUT2D eigenvalue weighted by Gasteiger charge is -2.29. The molecule has 0 saturated heterocycles. The van der Waals surface area contributed by atoms with E-state index in [0.29, 0.717) is 5.56 Å². The summed E-state index contributed by atoms with van der Waals surface area (Å²) in [4.78, 5) is 25.8. The van der Waals surface area contributed by atoms with Gasteiger partial charge in [-0.25, -0.2) is 8.42 Å². The summed E-state index contributed by atoms with van der Waals surface area (Å²) in [6.07, 6.45) is -0.924. The van der Waals surface area contributed by atoms with Gasteiger partial charge in [0.25, 0.3) is 0 Å². The van der Waals surface area contributed by atoms with Crippen LogP contribution in [-0.4, -0.2) is 31.5 Å². The Labute approximate surface area is 201 Å². The first-order valence-corrected chi connectivity index (χ1v) is 12.9. The largest absolute Gasteiger partial charge is 0.386 e. The minimum absolute atomic E-state index is 0.0362. The molecule has 0 fully saturated rings. The van der Waals surface area contributed by atoms with E-state index in [0.717, 1.165) is 5.56 Å². The Morgan fingerprint density at radius 3 is 2.03 bits per heavy atom. The molecule has 0 bridgehead atoms. The minimum atomic E-state index is -3.92. The van der Waals surface area contributed by atoms with Crippen LogP contribution in [0.5, 0.6) is 0 Å². The zero-order valence-corrected chi connectivity index (χ0v) is 20.7. The van der Waals surface area contributed by atoms with Crippen molar-refractivity contribution in [1.29, 1.82) is 0 Å². The molecule has 8 heteroatoms. The van der Waals surface area contributed by atoms with Gasteiger partial charge in [-0.15, -0.1) is 0 Å². The molecule has 0 saturated carbocycles. The van der Waals surface area contributed by atoms with Gasteiger partial charge in [0.2, 0.25) is 15.9 Å². The number of carbonyl (C=O) groups excluding carboxylic acids is 1. The summed E-state index contributed by atoms with van der Waals surface area (Å²) in [5, 5.41) is 13.8. The highest BCUT2D eigenvalue weighted by molar-refractivity contribution is 7.89. The molecule has 3 atom stereocenters. The smallest absolute Gasteiger partial charge is 0.241 e. The van der Waals surface area contributed by atoms with Crippen molar-refractivity contribution in [3.63, 3.8) is 0 Å². The molecule has 3 aromatic rings. The molecule has 3 rings (SSSR count). The molecule has 0 aliphatic rings. The standard InChI is InChI=1S/C26H32N2O5S/c1-16(2)15-20(28-34(32,33)19-13-9-6-10-14-19)26(31)27-23(17(3)4)25(30)22-21(24(22)29)18-11-7-5-8-12-18/h5-14,16-17,20,23,25,28,30H,15H2,1-4H3,(H,27,31)/t20?,23-,25-/m0/s1. The van der Waals surface area contributed by atoms with Gasteiger partial charge in [-0.2, -0.15) is 4.72 Å². The molecular weight excluding hydrogens is 452 g/mol. The maximum Gasteiger partial charge on any atom is 0.241 e. The fourth-order valence-corrected chi connectivity index (χ4v) is 5.18. The van der Waals surface area contributed by atoms with Crippen LogP contribution in [0.25, 0.3) is 11.1 Å². The lowest BCUT2D eigenvalue weighted by molar-refractivity contribution is -0.125. The molecule has 3 aromatic carbocycles. The Hall–Kier alpha value is -2.81. The van der Waals surface area contributed by atoms with Crippen molar-refractivity contribution in [2.45, 2.75) is 57.2 Å². The Balaban J connectivity index is 1.80. The number of amides is 1. The lowest BCUT2D eigenvalue weighted by Crippen LogP contribution is -2.52. The second kappa shape index (κ2) is 10.6. The van der Waals surface area contributed by atoms with Crippen molar-refractivity contribution in [3.8, 4) is 11.1 Å². The molecule has 0 aromatic heterocycles. The van der Waals surface area contributed by atoms with Gasteiger partial charge in [0, 0.05) is 11.1 Å². The Bertz CT molecular complexity index is 1210. The van der Waals surface area contributed by atoms with Crippen LogP contribution in [-0.2, 0) is 14.8 Å². The first kappa shape index (κ1) is 25.8. The van der Waals surface area contributed by atoms with Crippen molar-refractivity contribution in [1.82, 2.24) is 10.0 Å². The highest BCUT2D eigenvalue weighted by Crippen LogP contribution is 2.33. The van der Waals surface area contributed by atoms with Crippen molar-refractivity contribution in [2.24, 2.45) is 11.8 Å². The van der Waals surface area contributed by atoms with E-state index in [1.807, 2.05) is 45.9 Å². The van der Waals surface area contributed by atoms with Crippen molar-refractivity contribution < 1.29 is 18.3 Å². The quantitative estimate of drug-likeness (QED) is 0.387. The third-order valence-electron chi connectivity index (χ3n) is 5.78. The highest BCUT2D eigenvalue weighted by Gasteiger charge is 2.38. The highest BCUT2D eigenvalue weighted by atomic mass is 32.2. The van der Waals surface area contributed by atoms with Gasteiger partial charge in [-0.1, -0.05) is 76.2 Å². The molecule has 182 valence electrons. The molecule has 0 aliphatic heterocycles. The first-order valence-electron chi connectivity index (χ1n) is 11.4. The van der Waals surface area contributed by atoms with E-state index in [2.05, 4.69) is 10.0 Å². The van der Waals surface area contributed by atoms with Gasteiger partial charge >= 0.3 is 0 Å². The van der Waals surface area contributed by atoms with E-state index in [1.165, 1.54) is 12.1 Å². The number of rotatable bonds is 11. The fraction of sp³-hybridized carbons (Fsp3) is 0.385. The number of sulfonamides is 1. The summed E-state index contributed by atoms with van der Waals surface area (Å²) < 4.78 is 28.2. The predicted molar refractivity (Wildman–Crippen MR) is 132 cm³/mol. The van der Waals surface area contributed by atoms with Crippen molar-refractivity contribution in [2.75, 3.05) is 0 Å². The number of hydrogen-bond donors (Lipinski definition) is 3. The molecule has 1 amide bonds. The average Bonchev–Trinajstić information content (AvgIpc) is 3.47. The van der Waals surface area contributed by atoms with Crippen LogP contribution in [0.4, 0.5) is 0 Å². The maximum absolute atomic E-state index is 13.2. The number of aliphatic hydroxyl groups is 1. The van der Waals surface area contributed by atoms with Crippen LogP contribution in [0.3, 0.4) is 0 Å². The van der Waals surface area contributed by atoms with Gasteiger partial charge in [-0.05, 0) is 36.0 Å². The van der Waals surface area contributed by atoms with Gasteiger partial charge in [0.1, 0.15) is 12.1 Å². The van der Waals surface area contributed by atoms with Crippen LogP contribution in [0.15, 0.2) is 70.4 Å². The zero-order chi connectivity index (χ0) is 25.0. The molecule has 0 aliphatic carbocycles. The van der Waals surface area contributed by atoms with E-state index in [4.69, 9.17) is 0 Å². The molecular formula is C26H32N2O5S. The second-order valence-electron chi connectivity index (χ2n) is 9.32. The topological polar surface area (TPSA) is 113 Å². The van der Waals surface area contributed by atoms with Gasteiger partial charge in [-0.3, -0.25) is 9.59 Å². The molecule has 34 heavy (non-hydrogen) atoms. The monoisotopic (exact) mass is 484 g/mol. The summed E-state index contributed by atoms with van der Waals surface area (Å²) in [7, 11) is -3.92. The SMILES string of the molecule is CC(C)CC(NS(=O)(=O)c1ccccc1)C(=O)N[C@@H](C(C)C)[C@@H](O)c1c(-c2ccccc2)c1=O. The summed E-state index contributed by atoms with van der Waals surface area (Å²) in [5.74, 6) is -0.711. The van der Waals surface area contributed by atoms with Crippen LogP contribution < -0.4 is 15.5 Å². The van der Waals surface area contributed by atoms with Crippen molar-refractivity contribution >= 4 is 15.9 Å². The number of aliphatic hydroxyl groups excluding tert-OH is 1. The number of carbonyl (C=O) groups is 1. The van der Waals surface area contributed by atoms with Crippen molar-refractivity contribution in [3.05, 3.63) is 76.5 Å². The number of hydrogen-bond acceptors (Lipinski definition) is 5. The van der Waals surface area contributed by atoms with E-state index >= 15 is 0 Å². The normalized spacial score (nSPS) is 14.9. The molecule has 1 unspecified atom stereocenters. The Kier molecular flexibility index (Phi) is 8.07. The van der Waals surface area contributed by atoms with E-state index in [-0.39, 0.29) is 34.1 Å².